The molecule has 1 aliphatic rings. The lowest BCUT2D eigenvalue weighted by Gasteiger charge is -2.32. The number of rotatable bonds is 5. The predicted molar refractivity (Wildman–Crippen MR) is 108 cm³/mol. The number of carbonyl (C=O) groups excluding carboxylic acids is 2. The Morgan fingerprint density at radius 1 is 1.15 bits per heavy atom. The Bertz CT molecular complexity index is 808. The monoisotopic (exact) mass is 432 g/mol. The van der Waals surface area contributed by atoms with Crippen LogP contribution in [0.25, 0.3) is 0 Å². The molecule has 0 aliphatic carbocycles. The molecule has 3 rings (SSSR count). The summed E-state index contributed by atoms with van der Waals surface area (Å²) in [5.41, 5.74) is 1.78. The first-order valence-corrected chi connectivity index (χ1v) is 10.1. The number of hydrogen-bond acceptors (Lipinski definition) is 3. The summed E-state index contributed by atoms with van der Waals surface area (Å²) in [6, 6.07) is 10.2. The van der Waals surface area contributed by atoms with E-state index in [-0.39, 0.29) is 17.9 Å². The van der Waals surface area contributed by atoms with Gasteiger partial charge in [0.05, 0.1) is 10.0 Å². The SMILES string of the molecule is Cc1oc(C)c(C(=O)N2CCC(NC(=O)CCc3ccccc3)CC2)c1Br. The van der Waals surface area contributed by atoms with Crippen molar-refractivity contribution in [3.05, 3.63) is 57.5 Å². The standard InChI is InChI=1S/C21H25BrN2O3/c1-14-19(20(22)15(2)27-14)21(26)24-12-10-17(11-13-24)23-18(25)9-8-16-6-4-3-5-7-16/h3-7,17H,8-13H2,1-2H3,(H,23,25). The molecule has 144 valence electrons. The van der Waals surface area contributed by atoms with E-state index in [0.717, 1.165) is 29.5 Å². The van der Waals surface area contributed by atoms with E-state index < -0.39 is 0 Å². The molecule has 27 heavy (non-hydrogen) atoms. The Kier molecular flexibility index (Phi) is 6.37. The second kappa shape index (κ2) is 8.74. The van der Waals surface area contributed by atoms with Crippen LogP contribution in [-0.2, 0) is 11.2 Å². The summed E-state index contributed by atoms with van der Waals surface area (Å²) in [7, 11) is 0. The van der Waals surface area contributed by atoms with Gasteiger partial charge in [-0.1, -0.05) is 30.3 Å². The molecule has 1 aromatic carbocycles. The lowest BCUT2D eigenvalue weighted by atomic mass is 10.0. The van der Waals surface area contributed by atoms with E-state index in [4.69, 9.17) is 4.42 Å². The van der Waals surface area contributed by atoms with Crippen LogP contribution < -0.4 is 5.32 Å². The van der Waals surface area contributed by atoms with Crippen molar-refractivity contribution in [2.45, 2.75) is 45.6 Å². The van der Waals surface area contributed by atoms with Crippen LogP contribution in [0.15, 0.2) is 39.2 Å². The molecule has 0 bridgehead atoms. The van der Waals surface area contributed by atoms with Gasteiger partial charge in [-0.3, -0.25) is 9.59 Å². The van der Waals surface area contributed by atoms with Crippen LogP contribution in [0.5, 0.6) is 0 Å². The zero-order valence-electron chi connectivity index (χ0n) is 15.8. The van der Waals surface area contributed by atoms with Gasteiger partial charge in [0.2, 0.25) is 5.91 Å². The first kappa shape index (κ1) is 19.7. The molecule has 2 heterocycles. The van der Waals surface area contributed by atoms with Crippen molar-refractivity contribution < 1.29 is 14.0 Å². The van der Waals surface area contributed by atoms with Crippen molar-refractivity contribution in [2.75, 3.05) is 13.1 Å². The van der Waals surface area contributed by atoms with E-state index in [1.807, 2.05) is 49.1 Å². The van der Waals surface area contributed by atoms with Crippen molar-refractivity contribution in [1.29, 1.82) is 0 Å². The normalized spacial score (nSPS) is 15.0. The fourth-order valence-electron chi connectivity index (χ4n) is 3.49. The Balaban J connectivity index is 1.47. The highest BCUT2D eigenvalue weighted by molar-refractivity contribution is 9.10. The second-order valence-electron chi connectivity index (χ2n) is 7.02. The lowest BCUT2D eigenvalue weighted by molar-refractivity contribution is -0.122. The number of aryl methyl sites for hydroxylation is 3. The number of halogens is 1. The summed E-state index contributed by atoms with van der Waals surface area (Å²) in [6.45, 7) is 4.92. The maximum Gasteiger partial charge on any atom is 0.258 e. The number of carbonyl (C=O) groups is 2. The Morgan fingerprint density at radius 3 is 2.41 bits per heavy atom. The number of amides is 2. The topological polar surface area (TPSA) is 62.6 Å². The Labute approximate surface area is 168 Å². The van der Waals surface area contributed by atoms with E-state index >= 15 is 0 Å². The number of furan rings is 1. The average molecular weight is 433 g/mol. The maximum atomic E-state index is 12.8. The van der Waals surface area contributed by atoms with Crippen LogP contribution >= 0.6 is 15.9 Å². The van der Waals surface area contributed by atoms with E-state index in [1.54, 1.807) is 0 Å². The summed E-state index contributed by atoms with van der Waals surface area (Å²) in [6.07, 6.45) is 2.79. The minimum absolute atomic E-state index is 0.00919. The zero-order chi connectivity index (χ0) is 19.4. The summed E-state index contributed by atoms with van der Waals surface area (Å²) >= 11 is 3.45. The van der Waals surface area contributed by atoms with Crippen LogP contribution in [0.2, 0.25) is 0 Å². The largest absolute Gasteiger partial charge is 0.465 e. The van der Waals surface area contributed by atoms with Crippen LogP contribution in [-0.4, -0.2) is 35.8 Å². The van der Waals surface area contributed by atoms with Crippen LogP contribution in [0.4, 0.5) is 0 Å². The molecular formula is C21H25BrN2O3. The second-order valence-corrected chi connectivity index (χ2v) is 7.82. The average Bonchev–Trinajstić information content (AvgIpc) is 2.93. The highest BCUT2D eigenvalue weighted by Gasteiger charge is 2.28. The van der Waals surface area contributed by atoms with Crippen LogP contribution in [0.1, 0.15) is 46.7 Å². The number of hydrogen-bond donors (Lipinski definition) is 1. The third-order valence-corrected chi connectivity index (χ3v) is 5.99. The number of nitrogens with zero attached hydrogens (tertiary/aromatic N) is 1. The van der Waals surface area contributed by atoms with Crippen molar-refractivity contribution in [1.82, 2.24) is 10.2 Å². The van der Waals surface area contributed by atoms with Gasteiger partial charge in [0.15, 0.2) is 0 Å². The third kappa shape index (κ3) is 4.80. The van der Waals surface area contributed by atoms with E-state index in [0.29, 0.717) is 30.8 Å². The lowest BCUT2D eigenvalue weighted by Crippen LogP contribution is -2.46. The highest BCUT2D eigenvalue weighted by Crippen LogP contribution is 2.29. The number of likely N-dealkylation sites (tertiary alicyclic amines) is 1. The molecule has 1 aliphatic heterocycles. The smallest absolute Gasteiger partial charge is 0.258 e. The fourth-order valence-corrected chi connectivity index (χ4v) is 4.02. The molecular weight excluding hydrogens is 408 g/mol. The maximum absolute atomic E-state index is 12.8. The number of benzene rings is 1. The van der Waals surface area contributed by atoms with Crippen molar-refractivity contribution in [2.24, 2.45) is 0 Å². The molecule has 0 radical (unpaired) electrons. The fraction of sp³-hybridized carbons (Fsp3) is 0.429. The number of nitrogens with one attached hydrogen (secondary N) is 1. The molecule has 2 amide bonds. The molecule has 5 nitrogen and oxygen atoms in total. The first-order chi connectivity index (χ1) is 13.0. The summed E-state index contributed by atoms with van der Waals surface area (Å²) in [5, 5.41) is 3.11. The first-order valence-electron chi connectivity index (χ1n) is 9.33. The highest BCUT2D eigenvalue weighted by atomic mass is 79.9. The van der Waals surface area contributed by atoms with Gasteiger partial charge in [-0.25, -0.2) is 0 Å². The van der Waals surface area contributed by atoms with Gasteiger partial charge < -0.3 is 14.6 Å². The minimum Gasteiger partial charge on any atom is -0.465 e. The van der Waals surface area contributed by atoms with Gasteiger partial charge in [-0.05, 0) is 54.6 Å². The summed E-state index contributed by atoms with van der Waals surface area (Å²) < 4.78 is 6.28. The molecule has 1 aromatic heterocycles. The van der Waals surface area contributed by atoms with Gasteiger partial charge in [-0.15, -0.1) is 0 Å². The predicted octanol–water partition coefficient (Wildman–Crippen LogP) is 4.01. The molecule has 2 aromatic rings. The van der Waals surface area contributed by atoms with E-state index in [1.165, 1.54) is 5.56 Å². The minimum atomic E-state index is -0.00919. The Morgan fingerprint density at radius 2 is 1.81 bits per heavy atom. The van der Waals surface area contributed by atoms with Crippen LogP contribution in [0.3, 0.4) is 0 Å². The molecule has 1 fully saturated rings. The third-order valence-electron chi connectivity index (χ3n) is 5.03. The summed E-state index contributed by atoms with van der Waals surface area (Å²) in [5.74, 6) is 1.43. The molecule has 0 unspecified atom stereocenters. The van der Waals surface area contributed by atoms with Gasteiger partial charge in [0.1, 0.15) is 11.5 Å². The molecule has 1 saturated heterocycles. The molecule has 6 heteroatoms. The van der Waals surface area contributed by atoms with E-state index in [2.05, 4.69) is 21.2 Å². The van der Waals surface area contributed by atoms with Crippen molar-refractivity contribution >= 4 is 27.7 Å². The van der Waals surface area contributed by atoms with Gasteiger partial charge in [0.25, 0.3) is 5.91 Å². The van der Waals surface area contributed by atoms with Gasteiger partial charge >= 0.3 is 0 Å². The van der Waals surface area contributed by atoms with Crippen molar-refractivity contribution in [3.8, 4) is 0 Å². The molecule has 0 spiro atoms. The van der Waals surface area contributed by atoms with Crippen molar-refractivity contribution in [3.63, 3.8) is 0 Å². The number of piperidine rings is 1. The molecule has 0 saturated carbocycles. The molecule has 0 atom stereocenters. The summed E-state index contributed by atoms with van der Waals surface area (Å²) in [4.78, 5) is 26.8. The zero-order valence-corrected chi connectivity index (χ0v) is 17.3. The quantitative estimate of drug-likeness (QED) is 0.775. The Hall–Kier alpha value is -2.08. The van der Waals surface area contributed by atoms with Gasteiger partial charge in [0, 0.05) is 25.6 Å². The van der Waals surface area contributed by atoms with E-state index in [9.17, 15) is 9.59 Å². The molecule has 1 N–H and O–H groups in total. The van der Waals surface area contributed by atoms with Crippen LogP contribution in [0, 0.1) is 13.8 Å². The van der Waals surface area contributed by atoms with Gasteiger partial charge in [-0.2, -0.15) is 0 Å².